The molecule has 0 fully saturated rings. The van der Waals surface area contributed by atoms with Crippen molar-refractivity contribution in [3.8, 4) is 0 Å². The van der Waals surface area contributed by atoms with Crippen molar-refractivity contribution in [1.29, 1.82) is 0 Å². The normalized spacial score (nSPS) is 10.6. The maximum atomic E-state index is 10.1. The number of carbonyl (C=O) groups excluding carboxylic acids is 1. The summed E-state index contributed by atoms with van der Waals surface area (Å²) in [6, 6.07) is 0. The van der Waals surface area contributed by atoms with Crippen LogP contribution >= 0.6 is 0 Å². The zero-order valence-electron chi connectivity index (χ0n) is 9.48. The number of hydrogen-bond donors (Lipinski definition) is 2. The topological polar surface area (TPSA) is 91.7 Å². The number of carbonyl (C=O) groups is 3. The molecule has 0 aliphatic heterocycles. The molecule has 0 bridgehead atoms. The Balaban J connectivity index is -0.000000214. The van der Waals surface area contributed by atoms with E-state index in [0.717, 1.165) is 0 Å². The molecule has 0 rings (SSSR count). The lowest BCUT2D eigenvalue weighted by Gasteiger charge is -1.98. The first-order valence-electron chi connectivity index (χ1n) is 4.63. The van der Waals surface area contributed by atoms with E-state index < -0.39 is 17.9 Å². The predicted octanol–water partition coefficient (Wildman–Crippen LogP) is 2.05. The first-order valence-corrected chi connectivity index (χ1v) is 4.63. The number of ketones is 1. The number of hydrogen-bond acceptors (Lipinski definition) is 3. The monoisotopic (exact) mass is 234 g/mol. The smallest absolute Gasteiger partial charge is 0.306 e. The molecule has 0 saturated carbocycles. The van der Waals surface area contributed by atoms with Crippen LogP contribution in [0.25, 0.3) is 0 Å². The molecule has 0 aliphatic rings. The summed E-state index contributed by atoms with van der Waals surface area (Å²) in [6.07, 6.45) is -0.310. The van der Waals surface area contributed by atoms with Gasteiger partial charge in [-0.05, 0) is 6.92 Å². The molecular weight excluding hydrogens is 212 g/mol. The number of carboxylic acid groups (broad SMARTS) is 2. The van der Waals surface area contributed by atoms with E-state index in [1.807, 2.05) is 13.8 Å². The molecule has 2 N–H and O–H groups in total. The Morgan fingerprint density at radius 3 is 1.44 bits per heavy atom. The maximum absolute atomic E-state index is 10.1. The summed E-state index contributed by atoms with van der Waals surface area (Å²) in [7, 11) is 0. The van der Waals surface area contributed by atoms with Crippen molar-refractivity contribution in [3.63, 3.8) is 0 Å². The van der Waals surface area contributed by atoms with Crippen molar-refractivity contribution >= 4 is 17.7 Å². The van der Waals surface area contributed by atoms with Crippen molar-refractivity contribution in [2.75, 3.05) is 0 Å². The van der Waals surface area contributed by atoms with Gasteiger partial charge in [-0.1, -0.05) is 28.2 Å². The van der Waals surface area contributed by atoms with Crippen molar-refractivity contribution < 1.29 is 24.6 Å². The SMILES string of the molecule is C.CC(=O)C(C)C.CC(CC(=O)O)C(=O)O. The molecule has 1 unspecified atom stereocenters. The molecule has 0 amide bonds. The summed E-state index contributed by atoms with van der Waals surface area (Å²) in [5, 5.41) is 16.2. The van der Waals surface area contributed by atoms with Crippen LogP contribution in [0.3, 0.4) is 0 Å². The highest BCUT2D eigenvalue weighted by atomic mass is 16.4. The van der Waals surface area contributed by atoms with Gasteiger partial charge in [0.15, 0.2) is 0 Å². The molecule has 16 heavy (non-hydrogen) atoms. The van der Waals surface area contributed by atoms with Crippen molar-refractivity contribution in [2.45, 2.75) is 41.5 Å². The maximum Gasteiger partial charge on any atom is 0.306 e. The van der Waals surface area contributed by atoms with Gasteiger partial charge < -0.3 is 10.2 Å². The van der Waals surface area contributed by atoms with E-state index in [1.165, 1.54) is 6.92 Å². The second-order valence-corrected chi connectivity index (χ2v) is 3.60. The average molecular weight is 234 g/mol. The minimum atomic E-state index is -1.08. The molecule has 1 atom stereocenters. The number of Topliss-reactive ketones (excluding diaryl/α,β-unsaturated/α-hetero) is 1. The van der Waals surface area contributed by atoms with Crippen molar-refractivity contribution in [3.05, 3.63) is 0 Å². The van der Waals surface area contributed by atoms with E-state index in [9.17, 15) is 14.4 Å². The summed E-state index contributed by atoms with van der Waals surface area (Å²) < 4.78 is 0. The van der Waals surface area contributed by atoms with Gasteiger partial charge in [-0.2, -0.15) is 0 Å². The minimum absolute atomic E-state index is 0. The third-order valence-electron chi connectivity index (χ3n) is 1.72. The van der Waals surface area contributed by atoms with Crippen LogP contribution in [0.4, 0.5) is 0 Å². The van der Waals surface area contributed by atoms with E-state index in [4.69, 9.17) is 10.2 Å². The fraction of sp³-hybridized carbons (Fsp3) is 0.727. The van der Waals surface area contributed by atoms with Crippen LogP contribution in [0.1, 0.15) is 41.5 Å². The third-order valence-corrected chi connectivity index (χ3v) is 1.72. The van der Waals surface area contributed by atoms with Crippen LogP contribution in [0.5, 0.6) is 0 Å². The molecule has 0 heterocycles. The molecule has 0 aromatic rings. The lowest BCUT2D eigenvalue weighted by atomic mass is 10.1. The summed E-state index contributed by atoms with van der Waals surface area (Å²) in [4.78, 5) is 30.0. The fourth-order valence-electron chi connectivity index (χ4n) is 0.349. The van der Waals surface area contributed by atoms with Crippen LogP contribution in [-0.4, -0.2) is 27.9 Å². The molecule has 0 aliphatic carbocycles. The Labute approximate surface area is 96.5 Å². The van der Waals surface area contributed by atoms with Crippen LogP contribution in [0, 0.1) is 11.8 Å². The van der Waals surface area contributed by atoms with E-state index in [0.29, 0.717) is 0 Å². The first-order chi connectivity index (χ1) is 6.68. The zero-order valence-corrected chi connectivity index (χ0v) is 9.48. The standard InChI is InChI=1S/C5H8O4.C5H10O.CH4/c1-3(5(8)9)2-4(6)7;1-4(2)5(3)6;/h3H,2H2,1H3,(H,6,7)(H,8,9);4H,1-3H3;1H4. The van der Waals surface area contributed by atoms with Gasteiger partial charge in [0.25, 0.3) is 0 Å². The van der Waals surface area contributed by atoms with Crippen molar-refractivity contribution in [1.82, 2.24) is 0 Å². The molecular formula is C11H22O5. The molecule has 0 aromatic carbocycles. The minimum Gasteiger partial charge on any atom is -0.481 e. The highest BCUT2D eigenvalue weighted by Crippen LogP contribution is 1.99. The van der Waals surface area contributed by atoms with E-state index in [-0.39, 0.29) is 25.5 Å². The van der Waals surface area contributed by atoms with Gasteiger partial charge in [0.2, 0.25) is 0 Å². The van der Waals surface area contributed by atoms with Gasteiger partial charge in [0.1, 0.15) is 5.78 Å². The Bertz CT molecular complexity index is 233. The zero-order chi connectivity index (χ0) is 12.6. The second kappa shape index (κ2) is 10.1. The Morgan fingerprint density at radius 2 is 1.38 bits per heavy atom. The van der Waals surface area contributed by atoms with Gasteiger partial charge in [-0.3, -0.25) is 14.4 Å². The molecule has 5 nitrogen and oxygen atoms in total. The Hall–Kier alpha value is -1.39. The Kier molecular flexibility index (Phi) is 12.7. The van der Waals surface area contributed by atoms with Crippen molar-refractivity contribution in [2.24, 2.45) is 11.8 Å². The molecule has 0 aromatic heterocycles. The van der Waals surface area contributed by atoms with Crippen LogP contribution < -0.4 is 0 Å². The summed E-state index contributed by atoms with van der Waals surface area (Å²) >= 11 is 0. The third kappa shape index (κ3) is 15.1. The number of rotatable bonds is 4. The molecule has 0 saturated heterocycles. The van der Waals surface area contributed by atoms with Crippen LogP contribution in [0.2, 0.25) is 0 Å². The summed E-state index contributed by atoms with van der Waals surface area (Å²) in [5.74, 6) is -2.47. The fourth-order valence-corrected chi connectivity index (χ4v) is 0.349. The lowest BCUT2D eigenvalue weighted by molar-refractivity contribution is -0.147. The predicted molar refractivity (Wildman–Crippen MR) is 61.3 cm³/mol. The van der Waals surface area contributed by atoms with E-state index in [2.05, 4.69) is 0 Å². The lowest BCUT2D eigenvalue weighted by Crippen LogP contribution is -2.13. The number of aliphatic carboxylic acids is 2. The summed E-state index contributed by atoms with van der Waals surface area (Å²) in [6.45, 7) is 6.74. The van der Waals surface area contributed by atoms with Crippen LogP contribution in [0.15, 0.2) is 0 Å². The van der Waals surface area contributed by atoms with Gasteiger partial charge in [0.05, 0.1) is 12.3 Å². The first kappa shape index (κ1) is 20.1. The highest BCUT2D eigenvalue weighted by molar-refractivity contribution is 5.77. The molecule has 5 heteroatoms. The van der Waals surface area contributed by atoms with Gasteiger partial charge in [-0.25, -0.2) is 0 Å². The van der Waals surface area contributed by atoms with Gasteiger partial charge in [-0.15, -0.1) is 0 Å². The molecule has 96 valence electrons. The quantitative estimate of drug-likeness (QED) is 0.776. The van der Waals surface area contributed by atoms with Crippen LogP contribution in [-0.2, 0) is 14.4 Å². The molecule has 0 spiro atoms. The number of carboxylic acids is 2. The van der Waals surface area contributed by atoms with Gasteiger partial charge in [0, 0.05) is 5.92 Å². The highest BCUT2D eigenvalue weighted by Gasteiger charge is 2.13. The van der Waals surface area contributed by atoms with E-state index >= 15 is 0 Å². The van der Waals surface area contributed by atoms with Gasteiger partial charge >= 0.3 is 11.9 Å². The largest absolute Gasteiger partial charge is 0.481 e. The van der Waals surface area contributed by atoms with E-state index in [1.54, 1.807) is 6.92 Å². The molecule has 0 radical (unpaired) electrons. The second-order valence-electron chi connectivity index (χ2n) is 3.60. The average Bonchev–Trinajstić information content (AvgIpc) is 2.03. The Morgan fingerprint density at radius 1 is 1.06 bits per heavy atom. The summed E-state index contributed by atoms with van der Waals surface area (Å²) in [5.41, 5.74) is 0.